The van der Waals surface area contributed by atoms with Crippen molar-refractivity contribution in [3.63, 3.8) is 0 Å². The minimum atomic E-state index is -3.41. The van der Waals surface area contributed by atoms with Crippen molar-refractivity contribution < 1.29 is 13.2 Å². The second-order valence-electron chi connectivity index (χ2n) is 4.78. The highest BCUT2D eigenvalue weighted by Gasteiger charge is 2.29. The van der Waals surface area contributed by atoms with E-state index in [9.17, 15) is 8.42 Å². The fourth-order valence-corrected chi connectivity index (χ4v) is 3.89. The minimum Gasteiger partial charge on any atom is -0.497 e. The number of piperidine rings is 1. The van der Waals surface area contributed by atoms with Crippen LogP contribution in [0.5, 0.6) is 5.75 Å². The topological polar surface area (TPSA) is 72.6 Å². The third kappa shape index (κ3) is 3.08. The summed E-state index contributed by atoms with van der Waals surface area (Å²) in [7, 11) is -1.85. The fraction of sp³-hybridized carbons (Fsp3) is 0.538. The number of hydrogen-bond donors (Lipinski definition) is 1. The molecule has 2 rings (SSSR count). The highest BCUT2D eigenvalue weighted by atomic mass is 32.2. The van der Waals surface area contributed by atoms with Gasteiger partial charge in [0.2, 0.25) is 10.0 Å². The largest absolute Gasteiger partial charge is 0.497 e. The van der Waals surface area contributed by atoms with Gasteiger partial charge in [-0.3, -0.25) is 0 Å². The van der Waals surface area contributed by atoms with Gasteiger partial charge in [-0.1, -0.05) is 0 Å². The van der Waals surface area contributed by atoms with Gasteiger partial charge in [-0.05, 0) is 49.6 Å². The summed E-state index contributed by atoms with van der Waals surface area (Å²) < 4.78 is 31.6. The zero-order valence-electron chi connectivity index (χ0n) is 11.1. The molecular formula is C13H20N2O3S. The van der Waals surface area contributed by atoms with Gasteiger partial charge in [-0.25, -0.2) is 8.42 Å². The zero-order chi connectivity index (χ0) is 13.9. The van der Waals surface area contributed by atoms with E-state index in [-0.39, 0.29) is 5.92 Å². The molecule has 0 spiro atoms. The van der Waals surface area contributed by atoms with Gasteiger partial charge in [0, 0.05) is 13.1 Å². The first-order valence-electron chi connectivity index (χ1n) is 6.42. The van der Waals surface area contributed by atoms with Crippen LogP contribution in [0.3, 0.4) is 0 Å². The molecule has 106 valence electrons. The van der Waals surface area contributed by atoms with Gasteiger partial charge in [0.25, 0.3) is 0 Å². The first-order chi connectivity index (χ1) is 9.07. The van der Waals surface area contributed by atoms with Crippen molar-refractivity contribution in [1.29, 1.82) is 0 Å². The predicted octanol–water partition coefficient (Wildman–Crippen LogP) is 1.05. The maximum Gasteiger partial charge on any atom is 0.243 e. The highest BCUT2D eigenvalue weighted by Crippen LogP contribution is 2.24. The van der Waals surface area contributed by atoms with E-state index in [1.807, 2.05) is 0 Å². The number of nitrogens with zero attached hydrogens (tertiary/aromatic N) is 1. The van der Waals surface area contributed by atoms with E-state index >= 15 is 0 Å². The molecule has 5 nitrogen and oxygen atoms in total. The summed E-state index contributed by atoms with van der Waals surface area (Å²) in [5, 5.41) is 0. The van der Waals surface area contributed by atoms with Crippen molar-refractivity contribution in [3.8, 4) is 5.75 Å². The van der Waals surface area contributed by atoms with Crippen molar-refractivity contribution in [2.24, 2.45) is 11.7 Å². The van der Waals surface area contributed by atoms with Crippen LogP contribution in [0.2, 0.25) is 0 Å². The highest BCUT2D eigenvalue weighted by molar-refractivity contribution is 7.89. The molecule has 0 amide bonds. The molecule has 1 heterocycles. The van der Waals surface area contributed by atoms with Crippen molar-refractivity contribution in [2.75, 3.05) is 26.7 Å². The van der Waals surface area contributed by atoms with E-state index in [2.05, 4.69) is 0 Å². The molecule has 1 unspecified atom stereocenters. The molecule has 1 aromatic rings. The number of methoxy groups -OCH3 is 1. The van der Waals surface area contributed by atoms with E-state index < -0.39 is 10.0 Å². The van der Waals surface area contributed by atoms with Gasteiger partial charge in [0.05, 0.1) is 12.0 Å². The van der Waals surface area contributed by atoms with Crippen molar-refractivity contribution >= 4 is 10.0 Å². The summed E-state index contributed by atoms with van der Waals surface area (Å²) in [5.41, 5.74) is 5.65. The molecule has 1 saturated heterocycles. The number of nitrogens with two attached hydrogens (primary N) is 1. The third-order valence-electron chi connectivity index (χ3n) is 3.51. The van der Waals surface area contributed by atoms with Gasteiger partial charge in [-0.2, -0.15) is 4.31 Å². The minimum absolute atomic E-state index is 0.266. The SMILES string of the molecule is COc1ccc(S(=O)(=O)N2CCCC(CN)C2)cc1. The molecule has 0 aliphatic carbocycles. The monoisotopic (exact) mass is 284 g/mol. The number of hydrogen-bond acceptors (Lipinski definition) is 4. The summed E-state index contributed by atoms with van der Waals surface area (Å²) in [5.74, 6) is 0.916. The van der Waals surface area contributed by atoms with Crippen molar-refractivity contribution in [3.05, 3.63) is 24.3 Å². The molecule has 1 aromatic carbocycles. The molecule has 1 fully saturated rings. The Morgan fingerprint density at radius 2 is 2.05 bits per heavy atom. The molecule has 1 aliphatic rings. The van der Waals surface area contributed by atoms with Gasteiger partial charge >= 0.3 is 0 Å². The van der Waals surface area contributed by atoms with Gasteiger partial charge in [0.15, 0.2) is 0 Å². The summed E-state index contributed by atoms with van der Waals surface area (Å²) in [6, 6.07) is 6.49. The molecule has 0 radical (unpaired) electrons. The van der Waals surface area contributed by atoms with Crippen LogP contribution in [0.4, 0.5) is 0 Å². The molecule has 1 aliphatic heterocycles. The van der Waals surface area contributed by atoms with E-state index in [0.29, 0.717) is 30.3 Å². The normalized spacial score (nSPS) is 21.3. The summed E-state index contributed by atoms with van der Waals surface area (Å²) in [6.45, 7) is 1.63. The smallest absolute Gasteiger partial charge is 0.243 e. The quantitative estimate of drug-likeness (QED) is 0.897. The van der Waals surface area contributed by atoms with E-state index in [4.69, 9.17) is 10.5 Å². The van der Waals surface area contributed by atoms with Crippen molar-refractivity contribution in [2.45, 2.75) is 17.7 Å². The van der Waals surface area contributed by atoms with Crippen LogP contribution in [0, 0.1) is 5.92 Å². The lowest BCUT2D eigenvalue weighted by Gasteiger charge is -2.31. The second-order valence-corrected chi connectivity index (χ2v) is 6.72. The number of rotatable bonds is 4. The zero-order valence-corrected chi connectivity index (χ0v) is 11.9. The fourth-order valence-electron chi connectivity index (χ4n) is 2.33. The molecule has 2 N–H and O–H groups in total. The summed E-state index contributed by atoms with van der Waals surface area (Å²) in [4.78, 5) is 0.311. The molecule has 6 heteroatoms. The van der Waals surface area contributed by atoms with Gasteiger partial charge < -0.3 is 10.5 Å². The molecule has 0 bridgehead atoms. The van der Waals surface area contributed by atoms with Crippen LogP contribution in [0.15, 0.2) is 29.2 Å². The summed E-state index contributed by atoms with van der Waals surface area (Å²) >= 11 is 0. The van der Waals surface area contributed by atoms with Gasteiger partial charge in [0.1, 0.15) is 5.75 Å². The van der Waals surface area contributed by atoms with Crippen LogP contribution >= 0.6 is 0 Å². The Morgan fingerprint density at radius 1 is 1.37 bits per heavy atom. The lowest BCUT2D eigenvalue weighted by Crippen LogP contribution is -2.41. The van der Waals surface area contributed by atoms with Crippen molar-refractivity contribution in [1.82, 2.24) is 4.31 Å². The van der Waals surface area contributed by atoms with Crippen LogP contribution < -0.4 is 10.5 Å². The first-order valence-corrected chi connectivity index (χ1v) is 7.86. The van der Waals surface area contributed by atoms with E-state index in [1.165, 1.54) is 4.31 Å². The Bertz CT molecular complexity index is 513. The molecular weight excluding hydrogens is 264 g/mol. The Balaban J connectivity index is 2.20. The van der Waals surface area contributed by atoms with E-state index in [1.54, 1.807) is 31.4 Å². The second kappa shape index (κ2) is 5.90. The van der Waals surface area contributed by atoms with Gasteiger partial charge in [-0.15, -0.1) is 0 Å². The number of benzene rings is 1. The number of ether oxygens (including phenoxy) is 1. The molecule has 19 heavy (non-hydrogen) atoms. The Morgan fingerprint density at radius 3 is 2.63 bits per heavy atom. The Kier molecular flexibility index (Phi) is 4.44. The van der Waals surface area contributed by atoms with Crippen LogP contribution in [0.1, 0.15) is 12.8 Å². The molecule has 0 saturated carbocycles. The standard InChI is InChI=1S/C13H20N2O3S/c1-18-12-4-6-13(7-5-12)19(16,17)15-8-2-3-11(9-14)10-15/h4-7,11H,2-3,8-10,14H2,1H3. The average molecular weight is 284 g/mol. The van der Waals surface area contributed by atoms with E-state index in [0.717, 1.165) is 12.8 Å². The third-order valence-corrected chi connectivity index (χ3v) is 5.39. The number of sulfonamides is 1. The Labute approximate surface area is 114 Å². The van der Waals surface area contributed by atoms with Crippen LogP contribution in [0.25, 0.3) is 0 Å². The maximum absolute atomic E-state index is 12.5. The Hall–Kier alpha value is -1.11. The average Bonchev–Trinajstić information content (AvgIpc) is 2.47. The van der Waals surface area contributed by atoms with Crippen LogP contribution in [-0.4, -0.2) is 39.5 Å². The lowest BCUT2D eigenvalue weighted by atomic mass is 10.0. The van der Waals surface area contributed by atoms with Crippen LogP contribution in [-0.2, 0) is 10.0 Å². The summed E-state index contributed by atoms with van der Waals surface area (Å²) in [6.07, 6.45) is 1.88. The maximum atomic E-state index is 12.5. The predicted molar refractivity (Wildman–Crippen MR) is 73.5 cm³/mol. The first kappa shape index (κ1) is 14.3. The lowest BCUT2D eigenvalue weighted by molar-refractivity contribution is 0.271. The molecule has 0 aromatic heterocycles. The molecule has 1 atom stereocenters.